The fourth-order valence-electron chi connectivity index (χ4n) is 1.28. The Kier molecular flexibility index (Phi) is 4.77. The van der Waals surface area contributed by atoms with Crippen LogP contribution >= 0.6 is 23.6 Å². The van der Waals surface area contributed by atoms with E-state index in [1.54, 1.807) is 35.7 Å². The molecule has 0 unspecified atom stereocenters. The van der Waals surface area contributed by atoms with Crippen LogP contribution in [-0.4, -0.2) is 16.0 Å². The molecule has 2 heterocycles. The van der Waals surface area contributed by atoms with E-state index in [1.807, 2.05) is 23.6 Å². The first-order valence-corrected chi connectivity index (χ1v) is 6.77. The molecule has 0 radical (unpaired) electrons. The van der Waals surface area contributed by atoms with Crippen LogP contribution in [0.2, 0.25) is 0 Å². The number of hydrogen-bond donors (Lipinski definition) is 2. The number of carbonyl (C=O) groups is 1. The van der Waals surface area contributed by atoms with Crippen molar-refractivity contribution in [3.63, 3.8) is 0 Å². The lowest BCUT2D eigenvalue weighted by Crippen LogP contribution is -2.33. The number of rotatable bonds is 3. The predicted octanol–water partition coefficient (Wildman–Crippen LogP) is 2.67. The molecule has 6 heteroatoms. The SMILES string of the molecule is O=C(/C=C/c1cccs1)NC(=S)Nc1ccccn1. The smallest absolute Gasteiger partial charge is 0.250 e. The molecule has 0 saturated heterocycles. The van der Waals surface area contributed by atoms with Gasteiger partial charge in [-0.3, -0.25) is 10.1 Å². The number of carbonyl (C=O) groups excluding carboxylic acids is 1. The van der Waals surface area contributed by atoms with Gasteiger partial charge in [-0.25, -0.2) is 4.98 Å². The molecule has 4 nitrogen and oxygen atoms in total. The zero-order chi connectivity index (χ0) is 13.5. The topological polar surface area (TPSA) is 54.0 Å². The summed E-state index contributed by atoms with van der Waals surface area (Å²) in [5, 5.41) is 7.54. The Morgan fingerprint density at radius 1 is 1.32 bits per heavy atom. The van der Waals surface area contributed by atoms with Crippen LogP contribution in [0.5, 0.6) is 0 Å². The number of nitrogens with one attached hydrogen (secondary N) is 2. The Morgan fingerprint density at radius 3 is 2.89 bits per heavy atom. The first-order chi connectivity index (χ1) is 9.24. The van der Waals surface area contributed by atoms with E-state index < -0.39 is 0 Å². The summed E-state index contributed by atoms with van der Waals surface area (Å²) in [7, 11) is 0. The molecule has 0 bridgehead atoms. The van der Waals surface area contributed by atoms with Crippen molar-refractivity contribution in [3.05, 3.63) is 52.9 Å². The second-order valence-electron chi connectivity index (χ2n) is 3.51. The molecule has 2 N–H and O–H groups in total. The molecule has 2 aromatic rings. The van der Waals surface area contributed by atoms with Gasteiger partial charge in [0.05, 0.1) is 0 Å². The number of thiophene rings is 1. The van der Waals surface area contributed by atoms with Crippen molar-refractivity contribution >= 4 is 46.5 Å². The maximum Gasteiger partial charge on any atom is 0.250 e. The molecule has 0 saturated carbocycles. The highest BCUT2D eigenvalue weighted by atomic mass is 32.1. The van der Waals surface area contributed by atoms with Gasteiger partial charge in [0.25, 0.3) is 0 Å². The van der Waals surface area contributed by atoms with E-state index in [0.717, 1.165) is 4.88 Å². The summed E-state index contributed by atoms with van der Waals surface area (Å²) < 4.78 is 0. The van der Waals surface area contributed by atoms with Gasteiger partial charge in [-0.05, 0) is 41.9 Å². The summed E-state index contributed by atoms with van der Waals surface area (Å²) >= 11 is 6.57. The number of nitrogens with zero attached hydrogens (tertiary/aromatic N) is 1. The van der Waals surface area contributed by atoms with Crippen LogP contribution in [0.4, 0.5) is 5.82 Å². The molecule has 0 fully saturated rings. The summed E-state index contributed by atoms with van der Waals surface area (Å²) in [6, 6.07) is 9.25. The summed E-state index contributed by atoms with van der Waals surface area (Å²) in [5.74, 6) is 0.317. The standard InChI is InChI=1S/C13H11N3OS2/c17-12(7-6-10-4-3-9-19-10)16-13(18)15-11-5-1-2-8-14-11/h1-9H,(H2,14,15,16,17,18)/b7-6+. The van der Waals surface area contributed by atoms with Crippen LogP contribution in [0.1, 0.15) is 4.88 Å². The largest absolute Gasteiger partial charge is 0.317 e. The second kappa shape index (κ2) is 6.77. The third kappa shape index (κ3) is 4.61. The van der Waals surface area contributed by atoms with Gasteiger partial charge in [0.2, 0.25) is 5.91 Å². The summed E-state index contributed by atoms with van der Waals surface area (Å²) in [6.45, 7) is 0. The van der Waals surface area contributed by atoms with Gasteiger partial charge in [0.15, 0.2) is 5.11 Å². The molecular formula is C13H11N3OS2. The van der Waals surface area contributed by atoms with Gasteiger partial charge in [0, 0.05) is 17.2 Å². The Balaban J connectivity index is 1.84. The van der Waals surface area contributed by atoms with E-state index in [4.69, 9.17) is 12.2 Å². The Hall–Kier alpha value is -2.05. The normalized spacial score (nSPS) is 10.3. The average Bonchev–Trinajstić information content (AvgIpc) is 2.90. The van der Waals surface area contributed by atoms with Gasteiger partial charge in [0.1, 0.15) is 5.82 Å². The van der Waals surface area contributed by atoms with E-state index in [2.05, 4.69) is 15.6 Å². The maximum absolute atomic E-state index is 11.6. The molecule has 2 aromatic heterocycles. The number of amides is 1. The monoisotopic (exact) mass is 289 g/mol. The lowest BCUT2D eigenvalue weighted by molar-refractivity contribution is -0.115. The molecule has 0 aliphatic carbocycles. The lowest BCUT2D eigenvalue weighted by atomic mass is 10.4. The third-order valence-electron chi connectivity index (χ3n) is 2.09. The highest BCUT2D eigenvalue weighted by molar-refractivity contribution is 7.80. The molecule has 0 atom stereocenters. The van der Waals surface area contributed by atoms with Gasteiger partial charge >= 0.3 is 0 Å². The zero-order valence-electron chi connectivity index (χ0n) is 9.87. The fraction of sp³-hybridized carbons (Fsp3) is 0. The minimum Gasteiger partial charge on any atom is -0.317 e. The van der Waals surface area contributed by atoms with Crippen LogP contribution in [0, 0.1) is 0 Å². The van der Waals surface area contributed by atoms with Crippen LogP contribution in [0.15, 0.2) is 48.0 Å². The third-order valence-corrected chi connectivity index (χ3v) is 3.13. The summed E-state index contributed by atoms with van der Waals surface area (Å²) in [4.78, 5) is 16.7. The molecule has 2 rings (SSSR count). The van der Waals surface area contributed by atoms with Crippen molar-refractivity contribution in [3.8, 4) is 0 Å². The quantitative estimate of drug-likeness (QED) is 0.674. The second-order valence-corrected chi connectivity index (χ2v) is 4.89. The molecule has 0 aliphatic heterocycles. The van der Waals surface area contributed by atoms with Crippen LogP contribution < -0.4 is 10.6 Å². The van der Waals surface area contributed by atoms with Crippen molar-refractivity contribution in [2.75, 3.05) is 5.32 Å². The Bertz CT molecular complexity index is 579. The summed E-state index contributed by atoms with van der Waals surface area (Å²) in [6.07, 6.45) is 4.82. The number of anilines is 1. The van der Waals surface area contributed by atoms with Crippen LogP contribution in [0.25, 0.3) is 6.08 Å². The van der Waals surface area contributed by atoms with Crippen molar-refractivity contribution in [2.24, 2.45) is 0 Å². The van der Waals surface area contributed by atoms with Crippen molar-refractivity contribution in [2.45, 2.75) is 0 Å². The average molecular weight is 289 g/mol. The molecular weight excluding hydrogens is 278 g/mol. The van der Waals surface area contributed by atoms with E-state index in [-0.39, 0.29) is 11.0 Å². The van der Waals surface area contributed by atoms with E-state index in [0.29, 0.717) is 5.82 Å². The number of aromatic nitrogens is 1. The Labute approximate surface area is 120 Å². The maximum atomic E-state index is 11.6. The van der Waals surface area contributed by atoms with Gasteiger partial charge in [-0.2, -0.15) is 0 Å². The highest BCUT2D eigenvalue weighted by Crippen LogP contribution is 2.09. The number of hydrogen-bond acceptors (Lipinski definition) is 4. The van der Waals surface area contributed by atoms with Crippen LogP contribution in [-0.2, 0) is 4.79 Å². The predicted molar refractivity (Wildman–Crippen MR) is 82.0 cm³/mol. The van der Waals surface area contributed by atoms with Crippen LogP contribution in [0.3, 0.4) is 0 Å². The Morgan fingerprint density at radius 2 is 2.21 bits per heavy atom. The zero-order valence-corrected chi connectivity index (χ0v) is 11.5. The number of pyridine rings is 1. The molecule has 0 aliphatic rings. The lowest BCUT2D eigenvalue weighted by Gasteiger charge is -2.06. The molecule has 0 aromatic carbocycles. The molecule has 96 valence electrons. The minimum atomic E-state index is -0.276. The fourth-order valence-corrected chi connectivity index (χ4v) is 2.10. The van der Waals surface area contributed by atoms with Gasteiger partial charge < -0.3 is 5.32 Å². The van der Waals surface area contributed by atoms with Gasteiger partial charge in [-0.1, -0.05) is 12.1 Å². The minimum absolute atomic E-state index is 0.222. The molecule has 19 heavy (non-hydrogen) atoms. The van der Waals surface area contributed by atoms with E-state index in [9.17, 15) is 4.79 Å². The summed E-state index contributed by atoms with van der Waals surface area (Å²) in [5.41, 5.74) is 0. The van der Waals surface area contributed by atoms with Gasteiger partial charge in [-0.15, -0.1) is 11.3 Å². The first kappa shape index (κ1) is 13.4. The van der Waals surface area contributed by atoms with E-state index in [1.165, 1.54) is 6.08 Å². The van der Waals surface area contributed by atoms with Crippen molar-refractivity contribution < 1.29 is 4.79 Å². The van der Waals surface area contributed by atoms with E-state index >= 15 is 0 Å². The first-order valence-electron chi connectivity index (χ1n) is 5.48. The number of thiocarbonyl (C=S) groups is 1. The van der Waals surface area contributed by atoms with Crippen molar-refractivity contribution in [1.29, 1.82) is 0 Å². The molecule has 0 spiro atoms. The molecule has 1 amide bonds. The highest BCUT2D eigenvalue weighted by Gasteiger charge is 2.01. The van der Waals surface area contributed by atoms with Crippen molar-refractivity contribution in [1.82, 2.24) is 10.3 Å².